The summed E-state index contributed by atoms with van der Waals surface area (Å²) in [5.41, 5.74) is 0.834. The van der Waals surface area contributed by atoms with Crippen LogP contribution in [-0.4, -0.2) is 17.3 Å². The molecule has 1 aromatic carbocycles. The minimum atomic E-state index is 0.470. The zero-order chi connectivity index (χ0) is 14.7. The summed E-state index contributed by atoms with van der Waals surface area (Å²) in [5.74, 6) is 1.70. The molecule has 0 aliphatic heterocycles. The Labute approximate surface area is 134 Å². The minimum Gasteiger partial charge on any atom is -0.497 e. The molecule has 6 heteroatoms. The highest BCUT2D eigenvalue weighted by Gasteiger charge is 2.07. The van der Waals surface area contributed by atoms with E-state index in [0.717, 1.165) is 20.0 Å². The van der Waals surface area contributed by atoms with E-state index in [-0.39, 0.29) is 0 Å². The molecule has 0 N–H and O–H groups in total. The van der Waals surface area contributed by atoms with Crippen LogP contribution in [0, 0.1) is 0 Å². The third-order valence-corrected chi connectivity index (χ3v) is 4.33. The van der Waals surface area contributed by atoms with Crippen molar-refractivity contribution in [3.8, 4) is 17.2 Å². The lowest BCUT2D eigenvalue weighted by molar-refractivity contribution is 0.414. The van der Waals surface area contributed by atoms with Crippen molar-refractivity contribution in [3.05, 3.63) is 51.0 Å². The highest BCUT2D eigenvalue weighted by molar-refractivity contribution is 9.11. The number of ether oxygens (including phenoxy) is 1. The summed E-state index contributed by atoms with van der Waals surface area (Å²) in [6.07, 6.45) is 3.74. The smallest absolute Gasteiger partial charge is 0.248 e. The third-order valence-electron chi connectivity index (χ3n) is 2.74. The van der Waals surface area contributed by atoms with Gasteiger partial charge in [-0.1, -0.05) is 6.07 Å². The third kappa shape index (κ3) is 3.40. The number of aromatic nitrogens is 2. The van der Waals surface area contributed by atoms with E-state index in [1.807, 2.05) is 42.5 Å². The Balaban J connectivity index is 1.81. The zero-order valence-corrected chi connectivity index (χ0v) is 13.5. The molecule has 0 amide bonds. The summed E-state index contributed by atoms with van der Waals surface area (Å²) in [5, 5.41) is 8.07. The van der Waals surface area contributed by atoms with Gasteiger partial charge in [0.1, 0.15) is 5.75 Å². The molecule has 4 nitrogen and oxygen atoms in total. The maximum Gasteiger partial charge on any atom is 0.248 e. The van der Waals surface area contributed by atoms with Crippen molar-refractivity contribution in [2.75, 3.05) is 7.11 Å². The molecule has 0 bridgehead atoms. The lowest BCUT2D eigenvalue weighted by Gasteiger charge is -1.99. The summed E-state index contributed by atoms with van der Waals surface area (Å²) in [6, 6.07) is 11.5. The van der Waals surface area contributed by atoms with E-state index in [1.54, 1.807) is 24.5 Å². The van der Waals surface area contributed by atoms with Gasteiger partial charge in [0, 0.05) is 16.5 Å². The van der Waals surface area contributed by atoms with Crippen LogP contribution in [0.25, 0.3) is 23.6 Å². The Hall–Kier alpha value is -1.92. The van der Waals surface area contributed by atoms with Gasteiger partial charge in [0.15, 0.2) is 0 Å². The summed E-state index contributed by atoms with van der Waals surface area (Å²) in [6.45, 7) is 0. The Morgan fingerprint density at radius 3 is 2.86 bits per heavy atom. The first-order valence-electron chi connectivity index (χ1n) is 6.16. The molecule has 0 saturated carbocycles. The van der Waals surface area contributed by atoms with Crippen molar-refractivity contribution in [3.63, 3.8) is 0 Å². The predicted molar refractivity (Wildman–Crippen MR) is 87.2 cm³/mol. The van der Waals surface area contributed by atoms with Crippen LogP contribution < -0.4 is 4.74 Å². The highest BCUT2D eigenvalue weighted by Crippen LogP contribution is 2.25. The number of hydrogen-bond donors (Lipinski definition) is 0. The molecule has 3 rings (SSSR count). The van der Waals surface area contributed by atoms with E-state index in [2.05, 4.69) is 26.1 Å². The molecule has 0 aliphatic rings. The first kappa shape index (κ1) is 14.0. The van der Waals surface area contributed by atoms with Gasteiger partial charge in [-0.05, 0) is 52.3 Å². The lowest BCUT2D eigenvalue weighted by Crippen LogP contribution is -1.83. The Kier molecular flexibility index (Phi) is 4.17. The molecule has 0 atom stereocenters. The maximum atomic E-state index is 5.63. The molecule has 3 aromatic rings. The van der Waals surface area contributed by atoms with Crippen LogP contribution in [0.4, 0.5) is 0 Å². The second kappa shape index (κ2) is 6.24. The fourth-order valence-electron chi connectivity index (χ4n) is 1.75. The first-order chi connectivity index (χ1) is 10.2. The molecule has 2 aromatic heterocycles. The van der Waals surface area contributed by atoms with Crippen LogP contribution in [0.3, 0.4) is 0 Å². The predicted octanol–water partition coefficient (Wildman–Crippen LogP) is 4.74. The average molecular weight is 363 g/mol. The van der Waals surface area contributed by atoms with Crippen molar-refractivity contribution in [2.45, 2.75) is 0 Å². The monoisotopic (exact) mass is 362 g/mol. The molecular weight excluding hydrogens is 352 g/mol. The van der Waals surface area contributed by atoms with Gasteiger partial charge >= 0.3 is 0 Å². The summed E-state index contributed by atoms with van der Waals surface area (Å²) in [7, 11) is 1.63. The fraction of sp³-hybridized carbons (Fsp3) is 0.0667. The second-order valence-electron chi connectivity index (χ2n) is 4.15. The van der Waals surface area contributed by atoms with Crippen molar-refractivity contribution in [1.29, 1.82) is 0 Å². The van der Waals surface area contributed by atoms with E-state index in [9.17, 15) is 0 Å². The number of nitrogens with zero attached hydrogens (tertiary/aromatic N) is 2. The zero-order valence-electron chi connectivity index (χ0n) is 11.1. The summed E-state index contributed by atoms with van der Waals surface area (Å²) >= 11 is 5.07. The first-order valence-corrected chi connectivity index (χ1v) is 7.77. The van der Waals surface area contributed by atoms with Crippen LogP contribution in [0.15, 0.2) is 44.6 Å². The van der Waals surface area contributed by atoms with Crippen LogP contribution in [-0.2, 0) is 0 Å². The van der Waals surface area contributed by atoms with Crippen molar-refractivity contribution < 1.29 is 9.15 Å². The molecule has 2 heterocycles. The standard InChI is InChI=1S/C15H11BrN2O2S/c1-19-11-4-2-3-10(9-11)15-18-17-14(20-15)8-6-12-5-7-13(16)21-12/h2-9H,1H3/b8-6+. The Morgan fingerprint density at radius 2 is 2.10 bits per heavy atom. The molecular formula is C15H11BrN2O2S. The number of hydrogen-bond acceptors (Lipinski definition) is 5. The van der Waals surface area contributed by atoms with Gasteiger partial charge in [-0.2, -0.15) is 0 Å². The van der Waals surface area contributed by atoms with E-state index in [0.29, 0.717) is 11.8 Å². The topological polar surface area (TPSA) is 48.2 Å². The highest BCUT2D eigenvalue weighted by atomic mass is 79.9. The fourth-order valence-corrected chi connectivity index (χ4v) is 3.07. The molecule has 0 unspecified atom stereocenters. The molecule has 0 radical (unpaired) electrons. The van der Waals surface area contributed by atoms with E-state index < -0.39 is 0 Å². The van der Waals surface area contributed by atoms with Crippen LogP contribution in [0.2, 0.25) is 0 Å². The van der Waals surface area contributed by atoms with Gasteiger partial charge < -0.3 is 9.15 Å². The van der Waals surface area contributed by atoms with Gasteiger partial charge in [0.2, 0.25) is 11.8 Å². The Morgan fingerprint density at radius 1 is 1.19 bits per heavy atom. The van der Waals surface area contributed by atoms with Crippen LogP contribution in [0.5, 0.6) is 5.75 Å². The molecule has 0 saturated heterocycles. The molecule has 0 aliphatic carbocycles. The summed E-state index contributed by atoms with van der Waals surface area (Å²) in [4.78, 5) is 1.11. The van der Waals surface area contributed by atoms with Crippen molar-refractivity contribution in [1.82, 2.24) is 10.2 Å². The quantitative estimate of drug-likeness (QED) is 0.672. The van der Waals surface area contributed by atoms with E-state index >= 15 is 0 Å². The maximum absolute atomic E-state index is 5.63. The van der Waals surface area contributed by atoms with E-state index in [4.69, 9.17) is 9.15 Å². The van der Waals surface area contributed by atoms with Gasteiger partial charge in [0.25, 0.3) is 0 Å². The Bertz CT molecular complexity index is 779. The van der Waals surface area contributed by atoms with Crippen molar-refractivity contribution in [2.24, 2.45) is 0 Å². The van der Waals surface area contributed by atoms with Crippen LogP contribution in [0.1, 0.15) is 10.8 Å². The minimum absolute atomic E-state index is 0.470. The molecule has 21 heavy (non-hydrogen) atoms. The SMILES string of the molecule is COc1cccc(-c2nnc(/C=C/c3ccc(Br)s3)o2)c1. The number of halogens is 1. The average Bonchev–Trinajstić information content (AvgIpc) is 3.14. The van der Waals surface area contributed by atoms with Crippen LogP contribution >= 0.6 is 27.3 Å². The normalized spacial score (nSPS) is 11.1. The molecule has 106 valence electrons. The molecule has 0 spiro atoms. The van der Waals surface area contributed by atoms with E-state index in [1.165, 1.54) is 0 Å². The largest absolute Gasteiger partial charge is 0.497 e. The van der Waals surface area contributed by atoms with Gasteiger partial charge in [0.05, 0.1) is 10.9 Å². The summed E-state index contributed by atoms with van der Waals surface area (Å²) < 4.78 is 11.9. The van der Waals surface area contributed by atoms with Gasteiger partial charge in [-0.25, -0.2) is 0 Å². The molecule has 0 fully saturated rings. The lowest BCUT2D eigenvalue weighted by atomic mass is 10.2. The number of methoxy groups -OCH3 is 1. The van der Waals surface area contributed by atoms with Gasteiger partial charge in [-0.3, -0.25) is 0 Å². The van der Waals surface area contributed by atoms with Crippen molar-refractivity contribution >= 4 is 39.4 Å². The number of rotatable bonds is 4. The second-order valence-corrected chi connectivity index (χ2v) is 6.65. The number of thiophene rings is 1. The van der Waals surface area contributed by atoms with Gasteiger partial charge in [-0.15, -0.1) is 21.5 Å². The number of benzene rings is 1.